The lowest BCUT2D eigenvalue weighted by molar-refractivity contribution is 0.102. The zero-order chi connectivity index (χ0) is 14.0. The number of pyridine rings is 1. The molecule has 0 aliphatic rings. The molecule has 0 unspecified atom stereocenters. The van der Waals surface area contributed by atoms with Crippen LogP contribution in [0.3, 0.4) is 0 Å². The van der Waals surface area contributed by atoms with Crippen molar-refractivity contribution >= 4 is 50.7 Å². The van der Waals surface area contributed by atoms with Gasteiger partial charge in [0.1, 0.15) is 0 Å². The summed E-state index contributed by atoms with van der Waals surface area (Å²) in [5, 5.41) is 3.53. The summed E-state index contributed by atoms with van der Waals surface area (Å²) in [7, 11) is 0. The van der Waals surface area contributed by atoms with Crippen molar-refractivity contribution in [2.75, 3.05) is 5.32 Å². The molecule has 2 aromatic rings. The van der Waals surface area contributed by atoms with Gasteiger partial charge < -0.3 is 5.32 Å². The van der Waals surface area contributed by atoms with Crippen LogP contribution < -0.4 is 5.32 Å². The van der Waals surface area contributed by atoms with Crippen LogP contribution in [0.15, 0.2) is 34.9 Å². The Labute approximate surface area is 129 Å². The predicted octanol–water partition coefficient (Wildman–Crippen LogP) is 4.71. The van der Waals surface area contributed by atoms with E-state index in [-0.39, 0.29) is 11.1 Å². The number of aromatic nitrogens is 1. The molecule has 1 heterocycles. The second-order valence-corrected chi connectivity index (χ2v) is 5.58. The van der Waals surface area contributed by atoms with Crippen molar-refractivity contribution in [2.24, 2.45) is 0 Å². The molecule has 0 aliphatic heterocycles. The standard InChI is InChI=1S/C13H9BrCl2N2O/c1-7-4-11(12(16)17-6-7)18-13(19)9-3-2-8(15)5-10(9)14/h2-6H,1H3,(H,18,19). The molecule has 0 bridgehead atoms. The minimum absolute atomic E-state index is 0.254. The summed E-state index contributed by atoms with van der Waals surface area (Å²) in [6.07, 6.45) is 1.64. The molecule has 0 atom stereocenters. The number of rotatable bonds is 2. The van der Waals surface area contributed by atoms with Gasteiger partial charge in [0.2, 0.25) is 0 Å². The van der Waals surface area contributed by atoms with Crippen LogP contribution in [-0.4, -0.2) is 10.9 Å². The average Bonchev–Trinajstić information content (AvgIpc) is 2.33. The molecule has 0 fully saturated rings. The summed E-state index contributed by atoms with van der Waals surface area (Å²) in [6, 6.07) is 6.71. The highest BCUT2D eigenvalue weighted by atomic mass is 79.9. The maximum absolute atomic E-state index is 12.1. The number of aryl methyl sites for hydroxylation is 1. The molecule has 98 valence electrons. The first-order chi connectivity index (χ1) is 8.97. The zero-order valence-corrected chi connectivity index (χ0v) is 13.0. The van der Waals surface area contributed by atoms with Crippen LogP contribution in [0.5, 0.6) is 0 Å². The van der Waals surface area contributed by atoms with Gasteiger partial charge in [-0.15, -0.1) is 0 Å². The Balaban J connectivity index is 2.28. The van der Waals surface area contributed by atoms with Crippen molar-refractivity contribution in [1.29, 1.82) is 0 Å². The summed E-state index contributed by atoms with van der Waals surface area (Å²) >= 11 is 15.1. The quantitative estimate of drug-likeness (QED) is 0.789. The normalized spacial score (nSPS) is 10.3. The molecule has 0 saturated heterocycles. The average molecular weight is 360 g/mol. The van der Waals surface area contributed by atoms with Gasteiger partial charge in [-0.3, -0.25) is 4.79 Å². The Morgan fingerprint density at radius 3 is 2.74 bits per heavy atom. The molecule has 2 rings (SSSR count). The Hall–Kier alpha value is -1.10. The highest BCUT2D eigenvalue weighted by Gasteiger charge is 2.12. The highest BCUT2D eigenvalue weighted by Crippen LogP contribution is 2.24. The molecule has 0 aliphatic carbocycles. The number of anilines is 1. The van der Waals surface area contributed by atoms with Crippen molar-refractivity contribution in [2.45, 2.75) is 6.92 Å². The van der Waals surface area contributed by atoms with Crippen molar-refractivity contribution in [1.82, 2.24) is 4.98 Å². The third-order valence-electron chi connectivity index (χ3n) is 2.40. The van der Waals surface area contributed by atoms with Gasteiger partial charge in [0, 0.05) is 15.7 Å². The first-order valence-electron chi connectivity index (χ1n) is 5.36. The van der Waals surface area contributed by atoms with E-state index in [4.69, 9.17) is 23.2 Å². The van der Waals surface area contributed by atoms with Gasteiger partial charge in [-0.1, -0.05) is 23.2 Å². The van der Waals surface area contributed by atoms with Gasteiger partial charge in [-0.05, 0) is 52.7 Å². The third kappa shape index (κ3) is 3.47. The van der Waals surface area contributed by atoms with Crippen LogP contribution in [0, 0.1) is 6.92 Å². The van der Waals surface area contributed by atoms with Crippen molar-refractivity contribution < 1.29 is 4.79 Å². The zero-order valence-electron chi connectivity index (χ0n) is 9.88. The highest BCUT2D eigenvalue weighted by molar-refractivity contribution is 9.10. The molecule has 0 spiro atoms. The molecule has 3 nitrogen and oxygen atoms in total. The van der Waals surface area contributed by atoms with Crippen molar-refractivity contribution in [3.8, 4) is 0 Å². The van der Waals surface area contributed by atoms with E-state index in [1.807, 2.05) is 6.92 Å². The number of nitrogens with one attached hydrogen (secondary N) is 1. The smallest absolute Gasteiger partial charge is 0.256 e. The fourth-order valence-corrected chi connectivity index (χ4v) is 2.52. The number of amides is 1. The van der Waals surface area contributed by atoms with Crippen LogP contribution in [0.25, 0.3) is 0 Å². The molecule has 1 aromatic carbocycles. The van der Waals surface area contributed by atoms with Crippen LogP contribution in [-0.2, 0) is 0 Å². The monoisotopic (exact) mass is 358 g/mol. The molecule has 1 amide bonds. The summed E-state index contributed by atoms with van der Waals surface area (Å²) in [4.78, 5) is 16.1. The third-order valence-corrected chi connectivity index (χ3v) is 3.59. The largest absolute Gasteiger partial charge is 0.319 e. The number of halogens is 3. The topological polar surface area (TPSA) is 42.0 Å². The lowest BCUT2D eigenvalue weighted by Crippen LogP contribution is -2.13. The van der Waals surface area contributed by atoms with Crippen molar-refractivity contribution in [3.05, 3.63) is 56.2 Å². The second-order valence-electron chi connectivity index (χ2n) is 3.93. The molecule has 19 heavy (non-hydrogen) atoms. The Kier molecular flexibility index (Phi) is 4.45. The minimum atomic E-state index is -0.280. The van der Waals surface area contributed by atoms with E-state index in [2.05, 4.69) is 26.2 Å². The molecular weight excluding hydrogens is 351 g/mol. The van der Waals surface area contributed by atoms with E-state index in [1.54, 1.807) is 30.5 Å². The van der Waals surface area contributed by atoms with E-state index in [0.717, 1.165) is 5.56 Å². The van der Waals surface area contributed by atoms with Gasteiger partial charge in [-0.2, -0.15) is 0 Å². The van der Waals surface area contributed by atoms with Gasteiger partial charge in [0.05, 0.1) is 11.3 Å². The van der Waals surface area contributed by atoms with Crippen LogP contribution in [0.4, 0.5) is 5.69 Å². The lowest BCUT2D eigenvalue weighted by Gasteiger charge is -2.09. The van der Waals surface area contributed by atoms with E-state index < -0.39 is 0 Å². The SMILES string of the molecule is Cc1cnc(Cl)c(NC(=O)c2ccc(Cl)cc2Br)c1. The molecular formula is C13H9BrCl2N2O. The van der Waals surface area contributed by atoms with Gasteiger partial charge in [0.25, 0.3) is 5.91 Å². The van der Waals surface area contributed by atoms with Crippen LogP contribution in [0.2, 0.25) is 10.2 Å². The van der Waals surface area contributed by atoms with Crippen LogP contribution >= 0.6 is 39.1 Å². The summed E-state index contributed by atoms with van der Waals surface area (Å²) in [6.45, 7) is 1.87. The first-order valence-corrected chi connectivity index (χ1v) is 6.91. The maximum Gasteiger partial charge on any atom is 0.256 e. The van der Waals surface area contributed by atoms with E-state index in [0.29, 0.717) is 20.7 Å². The lowest BCUT2D eigenvalue weighted by atomic mass is 10.2. The van der Waals surface area contributed by atoms with E-state index in [1.165, 1.54) is 0 Å². The second kappa shape index (κ2) is 5.90. The molecule has 1 N–H and O–H groups in total. The number of nitrogens with zero attached hydrogens (tertiary/aromatic N) is 1. The number of carbonyl (C=O) groups excluding carboxylic acids is 1. The fraction of sp³-hybridized carbons (Fsp3) is 0.0769. The Morgan fingerprint density at radius 1 is 1.32 bits per heavy atom. The molecule has 1 aromatic heterocycles. The Bertz CT molecular complexity index is 647. The summed E-state index contributed by atoms with van der Waals surface area (Å²) in [5.74, 6) is -0.280. The number of benzene rings is 1. The number of hydrogen-bond acceptors (Lipinski definition) is 2. The van der Waals surface area contributed by atoms with Gasteiger partial charge in [-0.25, -0.2) is 4.98 Å². The molecule has 0 radical (unpaired) electrons. The number of hydrogen-bond donors (Lipinski definition) is 1. The maximum atomic E-state index is 12.1. The van der Waals surface area contributed by atoms with Crippen molar-refractivity contribution in [3.63, 3.8) is 0 Å². The van der Waals surface area contributed by atoms with E-state index >= 15 is 0 Å². The Morgan fingerprint density at radius 2 is 2.05 bits per heavy atom. The van der Waals surface area contributed by atoms with Crippen LogP contribution in [0.1, 0.15) is 15.9 Å². The summed E-state index contributed by atoms with van der Waals surface area (Å²) < 4.78 is 0.620. The minimum Gasteiger partial charge on any atom is -0.319 e. The van der Waals surface area contributed by atoms with Gasteiger partial charge in [0.15, 0.2) is 5.15 Å². The summed E-state index contributed by atoms with van der Waals surface area (Å²) in [5.41, 5.74) is 1.87. The van der Waals surface area contributed by atoms with Gasteiger partial charge >= 0.3 is 0 Å². The predicted molar refractivity (Wildman–Crippen MR) is 81.1 cm³/mol. The number of carbonyl (C=O) groups is 1. The molecule has 6 heteroatoms. The molecule has 0 saturated carbocycles. The first kappa shape index (κ1) is 14.3. The fourth-order valence-electron chi connectivity index (χ4n) is 1.50. The van der Waals surface area contributed by atoms with E-state index in [9.17, 15) is 4.79 Å².